The van der Waals surface area contributed by atoms with E-state index in [1.165, 1.54) is 17.1 Å². The van der Waals surface area contributed by atoms with Gasteiger partial charge < -0.3 is 10.5 Å². The van der Waals surface area contributed by atoms with E-state index >= 15 is 0 Å². The van der Waals surface area contributed by atoms with E-state index in [0.29, 0.717) is 6.54 Å². The maximum absolute atomic E-state index is 5.80. The molecule has 0 radical (unpaired) electrons. The zero-order valence-corrected chi connectivity index (χ0v) is 12.6. The van der Waals surface area contributed by atoms with E-state index in [2.05, 4.69) is 28.9 Å². The molecule has 17 heavy (non-hydrogen) atoms. The molecule has 0 aliphatic carbocycles. The quantitative estimate of drug-likeness (QED) is 0.746. The van der Waals surface area contributed by atoms with Gasteiger partial charge in [-0.1, -0.05) is 22.9 Å². The lowest BCUT2D eigenvalue weighted by Crippen LogP contribution is -2.06. The summed E-state index contributed by atoms with van der Waals surface area (Å²) in [5, 5.41) is 0. The normalized spacial score (nSPS) is 10.5. The van der Waals surface area contributed by atoms with Crippen molar-refractivity contribution in [3.05, 3.63) is 28.2 Å². The summed E-state index contributed by atoms with van der Waals surface area (Å²) in [7, 11) is 0. The van der Waals surface area contributed by atoms with Crippen molar-refractivity contribution in [3.63, 3.8) is 0 Å². The molecule has 0 heterocycles. The first-order valence-electron chi connectivity index (χ1n) is 5.97. The van der Waals surface area contributed by atoms with E-state index in [0.717, 1.165) is 29.7 Å². The molecule has 0 spiro atoms. The first-order chi connectivity index (χ1) is 8.27. The molecule has 0 saturated heterocycles. The lowest BCUT2D eigenvalue weighted by atomic mass is 10.1. The van der Waals surface area contributed by atoms with Crippen molar-refractivity contribution in [2.75, 3.05) is 24.7 Å². The Kier molecular flexibility index (Phi) is 7.73. The van der Waals surface area contributed by atoms with Crippen LogP contribution >= 0.6 is 27.7 Å². The van der Waals surface area contributed by atoms with E-state index in [9.17, 15) is 0 Å². The van der Waals surface area contributed by atoms with Gasteiger partial charge in [0.1, 0.15) is 5.75 Å². The zero-order valence-electron chi connectivity index (χ0n) is 10.2. The van der Waals surface area contributed by atoms with E-state index in [4.69, 9.17) is 10.5 Å². The van der Waals surface area contributed by atoms with Gasteiger partial charge in [-0.25, -0.2) is 0 Å². The van der Waals surface area contributed by atoms with Gasteiger partial charge in [0, 0.05) is 4.47 Å². The lowest BCUT2D eigenvalue weighted by molar-refractivity contribution is 0.315. The average Bonchev–Trinajstić information content (AvgIpc) is 2.32. The van der Waals surface area contributed by atoms with Crippen molar-refractivity contribution in [1.82, 2.24) is 0 Å². The van der Waals surface area contributed by atoms with Crippen LogP contribution in [0.25, 0.3) is 0 Å². The maximum atomic E-state index is 5.80. The number of ether oxygens (including phenoxy) is 1. The summed E-state index contributed by atoms with van der Waals surface area (Å²) in [6, 6.07) is 6.11. The number of halogens is 1. The number of hydrogen-bond acceptors (Lipinski definition) is 3. The fourth-order valence-electron chi connectivity index (χ4n) is 1.53. The molecular formula is C13H20BrNOS. The van der Waals surface area contributed by atoms with E-state index in [1.807, 2.05) is 23.9 Å². The molecule has 0 fully saturated rings. The van der Waals surface area contributed by atoms with Gasteiger partial charge in [0.15, 0.2) is 0 Å². The van der Waals surface area contributed by atoms with Crippen LogP contribution in [0.4, 0.5) is 0 Å². The Morgan fingerprint density at radius 1 is 1.41 bits per heavy atom. The largest absolute Gasteiger partial charge is 0.493 e. The standard InChI is InChI=1S/C13H20BrNOS/c1-2-17-9-3-8-16-13-5-4-12(14)10-11(13)6-7-15/h4-5,10H,2-3,6-9,15H2,1H3. The summed E-state index contributed by atoms with van der Waals surface area (Å²) in [5.41, 5.74) is 6.78. The minimum Gasteiger partial charge on any atom is -0.493 e. The van der Waals surface area contributed by atoms with Crippen LogP contribution in [0.2, 0.25) is 0 Å². The van der Waals surface area contributed by atoms with Crippen LogP contribution in [0.5, 0.6) is 5.75 Å². The van der Waals surface area contributed by atoms with Crippen LogP contribution < -0.4 is 10.5 Å². The highest BCUT2D eigenvalue weighted by Gasteiger charge is 2.03. The molecule has 1 aromatic rings. The Morgan fingerprint density at radius 3 is 2.94 bits per heavy atom. The van der Waals surface area contributed by atoms with E-state index < -0.39 is 0 Å². The maximum Gasteiger partial charge on any atom is 0.122 e. The van der Waals surface area contributed by atoms with Gasteiger partial charge in [-0.3, -0.25) is 0 Å². The molecule has 0 aliphatic rings. The summed E-state index contributed by atoms with van der Waals surface area (Å²) in [6.07, 6.45) is 1.95. The summed E-state index contributed by atoms with van der Waals surface area (Å²) < 4.78 is 6.88. The van der Waals surface area contributed by atoms with Gasteiger partial charge in [-0.2, -0.15) is 11.8 Å². The van der Waals surface area contributed by atoms with Crippen LogP contribution in [-0.2, 0) is 6.42 Å². The van der Waals surface area contributed by atoms with E-state index in [1.54, 1.807) is 0 Å². The molecule has 1 aromatic carbocycles. The number of hydrogen-bond donors (Lipinski definition) is 1. The predicted octanol–water partition coefficient (Wildman–Crippen LogP) is 3.47. The molecule has 0 aliphatic heterocycles. The predicted molar refractivity (Wildman–Crippen MR) is 80.0 cm³/mol. The van der Waals surface area contributed by atoms with E-state index in [-0.39, 0.29) is 0 Å². The molecular weight excluding hydrogens is 298 g/mol. The summed E-state index contributed by atoms with van der Waals surface area (Å²) in [5.74, 6) is 3.32. The zero-order chi connectivity index (χ0) is 12.5. The summed E-state index contributed by atoms with van der Waals surface area (Å²) in [4.78, 5) is 0. The van der Waals surface area contributed by atoms with Crippen molar-refractivity contribution < 1.29 is 4.74 Å². The average molecular weight is 318 g/mol. The third-order valence-electron chi connectivity index (χ3n) is 2.33. The Bertz CT molecular complexity index is 333. The van der Waals surface area contributed by atoms with Crippen LogP contribution in [0.15, 0.2) is 22.7 Å². The molecule has 1 rings (SSSR count). The van der Waals surface area contributed by atoms with Gasteiger partial charge in [-0.05, 0) is 54.7 Å². The molecule has 0 unspecified atom stereocenters. The minimum absolute atomic E-state index is 0.651. The first kappa shape index (κ1) is 14.9. The van der Waals surface area contributed by atoms with Gasteiger partial charge in [0.25, 0.3) is 0 Å². The van der Waals surface area contributed by atoms with Gasteiger partial charge in [0.05, 0.1) is 6.61 Å². The number of benzene rings is 1. The molecule has 4 heteroatoms. The number of nitrogens with two attached hydrogens (primary N) is 1. The minimum atomic E-state index is 0.651. The van der Waals surface area contributed by atoms with Gasteiger partial charge in [0.2, 0.25) is 0 Å². The second-order valence-corrected chi connectivity index (χ2v) is 6.00. The van der Waals surface area contributed by atoms with Gasteiger partial charge >= 0.3 is 0 Å². The van der Waals surface area contributed by atoms with Crippen LogP contribution in [0.1, 0.15) is 18.9 Å². The van der Waals surface area contributed by atoms with Crippen LogP contribution in [-0.4, -0.2) is 24.7 Å². The highest BCUT2D eigenvalue weighted by Crippen LogP contribution is 2.23. The molecule has 0 aromatic heterocycles. The monoisotopic (exact) mass is 317 g/mol. The van der Waals surface area contributed by atoms with Crippen LogP contribution in [0, 0.1) is 0 Å². The molecule has 0 saturated carbocycles. The Labute approximate surface area is 116 Å². The molecule has 96 valence electrons. The number of rotatable bonds is 8. The second-order valence-electron chi connectivity index (χ2n) is 3.69. The lowest BCUT2D eigenvalue weighted by Gasteiger charge is -2.11. The molecule has 0 bridgehead atoms. The van der Waals surface area contributed by atoms with Crippen molar-refractivity contribution in [1.29, 1.82) is 0 Å². The number of thioether (sulfide) groups is 1. The van der Waals surface area contributed by atoms with Crippen molar-refractivity contribution in [2.45, 2.75) is 19.8 Å². The smallest absolute Gasteiger partial charge is 0.122 e. The van der Waals surface area contributed by atoms with Crippen molar-refractivity contribution >= 4 is 27.7 Å². The molecule has 2 nitrogen and oxygen atoms in total. The van der Waals surface area contributed by atoms with Gasteiger partial charge in [-0.15, -0.1) is 0 Å². The summed E-state index contributed by atoms with van der Waals surface area (Å²) >= 11 is 5.42. The fourth-order valence-corrected chi connectivity index (χ4v) is 2.55. The topological polar surface area (TPSA) is 35.2 Å². The third-order valence-corrected chi connectivity index (χ3v) is 3.81. The molecule has 2 N–H and O–H groups in total. The SMILES string of the molecule is CCSCCCOc1ccc(Br)cc1CCN. The Balaban J connectivity index is 2.45. The second kappa shape index (κ2) is 8.84. The Hall–Kier alpha value is -0.190. The Morgan fingerprint density at radius 2 is 2.24 bits per heavy atom. The van der Waals surface area contributed by atoms with Crippen molar-refractivity contribution in [3.8, 4) is 5.75 Å². The molecule has 0 amide bonds. The van der Waals surface area contributed by atoms with Crippen molar-refractivity contribution in [2.24, 2.45) is 5.73 Å². The third kappa shape index (κ3) is 5.80. The highest BCUT2D eigenvalue weighted by molar-refractivity contribution is 9.10. The summed E-state index contributed by atoms with van der Waals surface area (Å²) in [6.45, 7) is 3.62. The first-order valence-corrected chi connectivity index (χ1v) is 7.91. The highest BCUT2D eigenvalue weighted by atomic mass is 79.9. The molecule has 0 atom stereocenters. The fraction of sp³-hybridized carbons (Fsp3) is 0.538. The van der Waals surface area contributed by atoms with Crippen LogP contribution in [0.3, 0.4) is 0 Å².